The van der Waals surface area contributed by atoms with E-state index in [2.05, 4.69) is 5.32 Å². The Kier molecular flexibility index (Phi) is 11.9. The van der Waals surface area contributed by atoms with Gasteiger partial charge in [-0.05, 0) is 101 Å². The molecular formula is C38H48ClFN4O6S. The summed E-state index contributed by atoms with van der Waals surface area (Å²) in [5, 5.41) is 3.76. The molecule has 0 aromatic heterocycles. The molecule has 276 valence electrons. The summed E-state index contributed by atoms with van der Waals surface area (Å²) in [6.45, 7) is 9.05. The fourth-order valence-electron chi connectivity index (χ4n) is 7.93. The van der Waals surface area contributed by atoms with Gasteiger partial charge in [-0.25, -0.2) is 22.5 Å². The minimum atomic E-state index is -3.83. The van der Waals surface area contributed by atoms with Crippen LogP contribution in [-0.4, -0.2) is 74.8 Å². The maximum absolute atomic E-state index is 15.8. The molecule has 3 N–H and O–H groups in total. The van der Waals surface area contributed by atoms with E-state index in [1.165, 1.54) is 22.5 Å². The van der Waals surface area contributed by atoms with Crippen molar-refractivity contribution >= 4 is 39.3 Å². The number of anilines is 1. The molecule has 0 spiro atoms. The molecule has 2 aliphatic rings. The lowest BCUT2D eigenvalue weighted by Crippen LogP contribution is -2.54. The third-order valence-electron chi connectivity index (χ3n) is 9.78. The topological polar surface area (TPSA) is 131 Å². The van der Waals surface area contributed by atoms with Gasteiger partial charge in [-0.1, -0.05) is 48.0 Å². The van der Waals surface area contributed by atoms with Crippen molar-refractivity contribution in [2.24, 2.45) is 11.7 Å². The number of piperazine rings is 1. The number of carbonyl (C=O) groups is 2. The molecule has 0 bridgehead atoms. The Morgan fingerprint density at radius 2 is 1.69 bits per heavy atom. The lowest BCUT2D eigenvalue weighted by Gasteiger charge is -2.48. The number of imide groups is 1. The van der Waals surface area contributed by atoms with E-state index in [0.29, 0.717) is 31.0 Å². The van der Waals surface area contributed by atoms with E-state index in [1.54, 1.807) is 42.5 Å². The maximum atomic E-state index is 15.8. The number of carbonyl (C=O) groups excluding carboxylic acids is 2. The number of hydrogen-bond acceptors (Lipinski definition) is 8. The van der Waals surface area contributed by atoms with Gasteiger partial charge in [-0.2, -0.15) is 4.31 Å². The summed E-state index contributed by atoms with van der Waals surface area (Å²) >= 11 is 6.25. The highest BCUT2D eigenvalue weighted by Crippen LogP contribution is 2.46. The van der Waals surface area contributed by atoms with Crippen molar-refractivity contribution in [1.82, 2.24) is 9.62 Å². The molecule has 0 radical (unpaired) electrons. The molecule has 2 saturated heterocycles. The van der Waals surface area contributed by atoms with Crippen molar-refractivity contribution in [1.29, 1.82) is 0 Å². The van der Waals surface area contributed by atoms with E-state index in [-0.39, 0.29) is 41.5 Å². The lowest BCUT2D eigenvalue weighted by atomic mass is 9.69. The minimum Gasteiger partial charge on any atom is -0.452 e. The number of rotatable bonds is 10. The number of nitrogens with two attached hydrogens (primary N) is 1. The molecule has 0 aliphatic carbocycles. The number of nitrogens with one attached hydrogen (secondary N) is 1. The van der Waals surface area contributed by atoms with Crippen LogP contribution in [0.25, 0.3) is 0 Å². The van der Waals surface area contributed by atoms with E-state index in [1.807, 2.05) is 39.8 Å². The fourth-order valence-corrected chi connectivity index (χ4v) is 9.73. The molecule has 2 fully saturated rings. The fraction of sp³-hybridized carbons (Fsp3) is 0.474. The van der Waals surface area contributed by atoms with Crippen LogP contribution in [0.1, 0.15) is 64.0 Å². The van der Waals surface area contributed by atoms with Crippen LogP contribution in [-0.2, 0) is 30.7 Å². The third-order valence-corrected chi connectivity index (χ3v) is 12.0. The zero-order valence-corrected chi connectivity index (χ0v) is 31.3. The van der Waals surface area contributed by atoms with E-state index in [9.17, 15) is 18.0 Å². The van der Waals surface area contributed by atoms with Gasteiger partial charge < -0.3 is 20.5 Å². The van der Waals surface area contributed by atoms with E-state index in [0.717, 1.165) is 17.6 Å². The number of nitrogens with zero attached hydrogens (tertiary/aromatic N) is 2. The molecule has 0 unspecified atom stereocenters. The van der Waals surface area contributed by atoms with Crippen molar-refractivity contribution in [2.75, 3.05) is 31.6 Å². The number of amides is 2. The second-order valence-corrected chi connectivity index (χ2v) is 16.9. The zero-order chi connectivity index (χ0) is 37.1. The van der Waals surface area contributed by atoms with Gasteiger partial charge in [0.1, 0.15) is 5.82 Å². The maximum Gasteiger partial charge on any atom is 0.420 e. The molecule has 3 aromatic carbocycles. The van der Waals surface area contributed by atoms with Gasteiger partial charge >= 0.3 is 6.09 Å². The number of sulfonamides is 1. The van der Waals surface area contributed by atoms with Crippen molar-refractivity contribution in [2.45, 2.75) is 87.5 Å². The Morgan fingerprint density at radius 3 is 2.31 bits per heavy atom. The molecule has 2 aliphatic heterocycles. The summed E-state index contributed by atoms with van der Waals surface area (Å²) in [7, 11) is -2.69. The summed E-state index contributed by atoms with van der Waals surface area (Å²) in [4.78, 5) is 29.1. The van der Waals surface area contributed by atoms with Crippen LogP contribution in [0.3, 0.4) is 0 Å². The molecule has 3 atom stereocenters. The largest absolute Gasteiger partial charge is 0.452 e. The van der Waals surface area contributed by atoms with Crippen molar-refractivity contribution in [3.63, 3.8) is 0 Å². The van der Waals surface area contributed by atoms with Gasteiger partial charge in [-0.15, -0.1) is 0 Å². The summed E-state index contributed by atoms with van der Waals surface area (Å²) in [6, 6.07) is 17.7. The van der Waals surface area contributed by atoms with Gasteiger partial charge in [0.2, 0.25) is 10.0 Å². The number of hydrogen-bond donors (Lipinski definition) is 2. The Balaban J connectivity index is 1.49. The average molecular weight is 743 g/mol. The summed E-state index contributed by atoms with van der Waals surface area (Å²) in [6.07, 6.45) is 0.394. The molecule has 0 saturated carbocycles. The van der Waals surface area contributed by atoms with Crippen molar-refractivity contribution in [3.05, 3.63) is 94.8 Å². The molecule has 2 heterocycles. The Bertz CT molecular complexity index is 1790. The number of benzene rings is 3. The highest BCUT2D eigenvalue weighted by atomic mass is 35.5. The smallest absolute Gasteiger partial charge is 0.420 e. The monoisotopic (exact) mass is 742 g/mol. The quantitative estimate of drug-likeness (QED) is 0.249. The van der Waals surface area contributed by atoms with Crippen LogP contribution < -0.4 is 16.0 Å². The number of ether oxygens (including phenoxy) is 2. The normalized spacial score (nSPS) is 20.7. The molecule has 3 aromatic rings. The molecule has 5 rings (SSSR count). The summed E-state index contributed by atoms with van der Waals surface area (Å²) in [5.74, 6) is -2.10. The Labute approximate surface area is 305 Å². The van der Waals surface area contributed by atoms with E-state index in [4.69, 9.17) is 26.8 Å². The molecule has 13 heteroatoms. The zero-order valence-electron chi connectivity index (χ0n) is 29.8. The Morgan fingerprint density at radius 1 is 1.04 bits per heavy atom. The van der Waals surface area contributed by atoms with Gasteiger partial charge in [0, 0.05) is 42.2 Å². The van der Waals surface area contributed by atoms with Crippen LogP contribution in [0, 0.1) is 11.7 Å². The van der Waals surface area contributed by atoms with Crippen LogP contribution in [0.2, 0.25) is 5.02 Å². The standard InChI is InChI=1S/C38H48ClFN4O6S/c1-37(2)22-26(23-38(3,4)50-37)33(25-14-16-27(39)17-15-25)34(41)35(45)44(36(46)49-5)32-13-9-12-31(40)30(32)19-18-28-24-42-20-21-43(28)51(47,48)29-10-7-6-8-11-29/h6-17,26,28,33-34,42H,18-24,41H2,1-5H3/t28-,33-,34-/m0/s1. The first-order valence-corrected chi connectivity index (χ1v) is 19.0. The summed E-state index contributed by atoms with van der Waals surface area (Å²) < 4.78 is 56.0. The first-order chi connectivity index (χ1) is 24.0. The third kappa shape index (κ3) is 8.81. The van der Waals surface area contributed by atoms with Gasteiger partial charge in [0.25, 0.3) is 5.91 Å². The first kappa shape index (κ1) is 38.8. The van der Waals surface area contributed by atoms with E-state index >= 15 is 4.39 Å². The highest BCUT2D eigenvalue weighted by Gasteiger charge is 2.46. The average Bonchev–Trinajstić information content (AvgIpc) is 3.08. The second-order valence-electron chi connectivity index (χ2n) is 14.6. The first-order valence-electron chi connectivity index (χ1n) is 17.2. The SMILES string of the molecule is COC(=O)N(C(=O)[C@@H](N)[C@@H](c1ccc(Cl)cc1)C1CC(C)(C)OC(C)(C)C1)c1cccc(F)c1CC[C@H]1CNCCN1S(=O)(=O)c1ccccc1. The number of methoxy groups -OCH3 is 1. The molecule has 51 heavy (non-hydrogen) atoms. The van der Waals surface area contributed by atoms with Gasteiger partial charge in [0.05, 0.1) is 34.9 Å². The number of halogens is 2. The van der Waals surface area contributed by atoms with Gasteiger partial charge in [0.15, 0.2) is 0 Å². The molecule has 2 amide bonds. The predicted molar refractivity (Wildman–Crippen MR) is 196 cm³/mol. The van der Waals surface area contributed by atoms with Gasteiger partial charge in [-0.3, -0.25) is 4.79 Å². The Hall–Kier alpha value is -3.39. The predicted octanol–water partition coefficient (Wildman–Crippen LogP) is 6.27. The minimum absolute atomic E-state index is 0.00831. The lowest BCUT2D eigenvalue weighted by molar-refractivity contribution is -0.176. The second kappa shape index (κ2) is 15.7. The van der Waals surface area contributed by atoms with Crippen LogP contribution in [0.5, 0.6) is 0 Å². The van der Waals surface area contributed by atoms with Crippen molar-refractivity contribution in [3.8, 4) is 0 Å². The highest BCUT2D eigenvalue weighted by molar-refractivity contribution is 7.89. The van der Waals surface area contributed by atoms with Crippen LogP contribution in [0.15, 0.2) is 77.7 Å². The molecular weight excluding hydrogens is 695 g/mol. The summed E-state index contributed by atoms with van der Waals surface area (Å²) in [5.41, 5.74) is 6.72. The van der Waals surface area contributed by atoms with Crippen molar-refractivity contribution < 1.29 is 31.9 Å². The molecule has 10 nitrogen and oxygen atoms in total. The van der Waals surface area contributed by atoms with Crippen LogP contribution in [0.4, 0.5) is 14.9 Å². The van der Waals surface area contributed by atoms with Crippen LogP contribution >= 0.6 is 11.6 Å². The van der Waals surface area contributed by atoms with E-state index < -0.39 is 57.0 Å².